The van der Waals surface area contributed by atoms with Gasteiger partial charge in [-0.2, -0.15) is 37.1 Å². The molecule has 0 fully saturated rings. The maximum absolute atomic E-state index is 6.55. The third kappa shape index (κ3) is 9.16. The van der Waals surface area contributed by atoms with E-state index in [-0.39, 0.29) is 20.1 Å². The molecule has 1 unspecified atom stereocenters. The molecule has 7 aromatic carbocycles. The van der Waals surface area contributed by atoms with Gasteiger partial charge in [-0.15, -0.1) is 17.7 Å². The minimum atomic E-state index is -1.50. The molecule has 0 bridgehead atoms. The standard InChI is InChI=1S/C38H26NO2.C28H36NSi.Ir/c1-23-16-18-30-31-21-26(27-13-9-14-29-28-12-7-8-15-34(28)40-37(27)29)17-19-35(31)41-38(30)36(23)33-20-24(2)32(22-39(33)3)25-10-5-4-6-11-25;1-19(2)22(5)26-17-27(29(6)18-28(26)30(7,8)9)25-16-20(3)24(15-21(25)4)23-13-11-10-12-14-23;/h4-22H,1,3H2,2H3;10-19,22H,4,6H2,1-3,5,7-9H3;/q2*-1;. The molecule has 6 heteroatoms. The van der Waals surface area contributed by atoms with Crippen LogP contribution < -0.4 is 14.3 Å². The monoisotopic (exact) mass is 1140 g/mol. The summed E-state index contributed by atoms with van der Waals surface area (Å²) in [6.45, 7) is 27.4. The summed E-state index contributed by atoms with van der Waals surface area (Å²) in [5, 5.41) is 5.85. The first-order chi connectivity index (χ1) is 34.1. The van der Waals surface area contributed by atoms with Crippen LogP contribution in [0.3, 0.4) is 0 Å². The number of aryl methyl sites for hydroxylation is 2. The van der Waals surface area contributed by atoms with E-state index in [1.54, 1.807) is 0 Å². The van der Waals surface area contributed by atoms with Crippen LogP contribution >= 0.6 is 0 Å². The summed E-state index contributed by atoms with van der Waals surface area (Å²) < 4.78 is 16.9. The number of hydrogen-bond acceptors (Lipinski definition) is 2. The number of para-hydroxylation sites is 2. The molecule has 72 heavy (non-hydrogen) atoms. The molecule has 0 aliphatic rings. The quantitative estimate of drug-likeness (QED) is 0.0863. The number of benzene rings is 7. The number of aromatic nitrogens is 2. The van der Waals surface area contributed by atoms with Crippen LogP contribution in [-0.2, 0) is 20.1 Å². The Morgan fingerprint density at radius 3 is 1.76 bits per heavy atom. The average molecular weight is 1140 g/mol. The summed E-state index contributed by atoms with van der Waals surface area (Å²) in [5.74, 6) is 1.10. The van der Waals surface area contributed by atoms with Gasteiger partial charge in [0, 0.05) is 61.3 Å². The Hall–Kier alpha value is -7.21. The Balaban J connectivity index is 0.000000185. The largest absolute Gasteiger partial charge is 0.469 e. The maximum Gasteiger partial charge on any atom is 0.143 e. The van der Waals surface area contributed by atoms with E-state index in [4.69, 9.17) is 8.83 Å². The third-order valence-electron chi connectivity index (χ3n) is 14.5. The van der Waals surface area contributed by atoms with Crippen LogP contribution in [0.5, 0.6) is 0 Å². The van der Waals surface area contributed by atoms with Gasteiger partial charge in [0.1, 0.15) is 16.7 Å². The number of nitrogens with zero attached hydrogens (tertiary/aromatic N) is 2. The molecular weight excluding hydrogens is 1070 g/mol. The maximum atomic E-state index is 6.55. The molecular formula is C66H62IrN2O2Si-2. The number of pyridine rings is 2. The molecule has 11 rings (SSSR count). The van der Waals surface area contributed by atoms with Crippen molar-refractivity contribution in [2.24, 2.45) is 5.92 Å². The predicted octanol–water partition coefficient (Wildman–Crippen LogP) is 16.6. The molecule has 0 N–H and O–H groups in total. The van der Waals surface area contributed by atoms with E-state index in [0.717, 1.165) is 94.2 Å². The Morgan fingerprint density at radius 1 is 0.472 bits per heavy atom. The summed E-state index contributed by atoms with van der Waals surface area (Å²) in [6.07, 6.45) is 4.38. The second-order valence-corrected chi connectivity index (χ2v) is 25.7. The molecule has 1 atom stereocenters. The zero-order valence-electron chi connectivity index (χ0n) is 42.7. The van der Waals surface area contributed by atoms with Gasteiger partial charge in [0.15, 0.2) is 0 Å². The normalized spacial score (nSPS) is 12.1. The summed E-state index contributed by atoms with van der Waals surface area (Å²) in [7, 11) is 7.25. The second-order valence-electron chi connectivity index (χ2n) is 20.6. The van der Waals surface area contributed by atoms with Gasteiger partial charge >= 0.3 is 0 Å². The molecule has 4 nitrogen and oxygen atoms in total. The van der Waals surface area contributed by atoms with E-state index >= 15 is 0 Å². The Kier molecular flexibility index (Phi) is 13.7. The third-order valence-corrected chi connectivity index (χ3v) is 16.5. The van der Waals surface area contributed by atoms with Gasteiger partial charge in [-0.25, -0.2) is 0 Å². The molecule has 0 aliphatic carbocycles. The van der Waals surface area contributed by atoms with E-state index < -0.39 is 8.07 Å². The van der Waals surface area contributed by atoms with Crippen molar-refractivity contribution in [2.75, 3.05) is 0 Å². The van der Waals surface area contributed by atoms with Crippen molar-refractivity contribution in [1.82, 2.24) is 0 Å². The van der Waals surface area contributed by atoms with Crippen LogP contribution in [0.4, 0.5) is 0 Å². The summed E-state index contributed by atoms with van der Waals surface area (Å²) in [5.41, 5.74) is 20.5. The Bertz CT molecular complexity index is 3800. The van der Waals surface area contributed by atoms with E-state index in [1.807, 2.05) is 28.8 Å². The first kappa shape index (κ1) is 49.8. The summed E-state index contributed by atoms with van der Waals surface area (Å²) >= 11 is 0. The molecule has 4 heterocycles. The van der Waals surface area contributed by atoms with Gasteiger partial charge in [-0.1, -0.05) is 183 Å². The number of hydrogen-bond donors (Lipinski definition) is 0. The molecule has 363 valence electrons. The van der Waals surface area contributed by atoms with E-state index in [9.17, 15) is 0 Å². The van der Waals surface area contributed by atoms with Gasteiger partial charge < -0.3 is 18.0 Å². The Labute approximate surface area is 440 Å². The fraction of sp³-hybridized carbons (Fsp3) is 0.152. The molecule has 1 radical (unpaired) electrons. The average Bonchev–Trinajstić information content (AvgIpc) is 3.94. The fourth-order valence-corrected chi connectivity index (χ4v) is 12.0. The van der Waals surface area contributed by atoms with Crippen LogP contribution in [0, 0.1) is 47.7 Å². The Morgan fingerprint density at radius 2 is 1.07 bits per heavy atom. The molecule has 11 aromatic rings. The smallest absolute Gasteiger partial charge is 0.143 e. The molecule has 0 saturated carbocycles. The molecule has 0 saturated heterocycles. The van der Waals surface area contributed by atoms with E-state index in [0.29, 0.717) is 11.8 Å². The van der Waals surface area contributed by atoms with Gasteiger partial charge in [0.25, 0.3) is 0 Å². The van der Waals surface area contributed by atoms with Crippen molar-refractivity contribution >= 4 is 57.1 Å². The van der Waals surface area contributed by atoms with Gasteiger partial charge in [0.2, 0.25) is 0 Å². The minimum absolute atomic E-state index is 0. The van der Waals surface area contributed by atoms with Crippen LogP contribution in [0.25, 0.3) is 99.8 Å². The van der Waals surface area contributed by atoms with E-state index in [1.165, 1.54) is 38.6 Å². The second kappa shape index (κ2) is 19.8. The van der Waals surface area contributed by atoms with Crippen molar-refractivity contribution in [3.63, 3.8) is 0 Å². The van der Waals surface area contributed by atoms with Crippen LogP contribution in [0.1, 0.15) is 54.5 Å². The summed E-state index contributed by atoms with van der Waals surface area (Å²) in [4.78, 5) is 0. The number of fused-ring (bicyclic) bond motifs is 6. The van der Waals surface area contributed by atoms with Gasteiger partial charge in [-0.3, -0.25) is 0 Å². The van der Waals surface area contributed by atoms with Gasteiger partial charge in [0.05, 0.1) is 37.4 Å². The van der Waals surface area contributed by atoms with E-state index in [2.05, 4.69) is 233 Å². The van der Waals surface area contributed by atoms with Crippen molar-refractivity contribution in [1.29, 1.82) is 0 Å². The topological polar surface area (TPSA) is 34.0 Å². The summed E-state index contributed by atoms with van der Waals surface area (Å²) in [6, 6.07) is 55.1. The van der Waals surface area contributed by atoms with Crippen LogP contribution in [0.15, 0.2) is 179 Å². The zero-order chi connectivity index (χ0) is 49.9. The van der Waals surface area contributed by atoms with Crippen molar-refractivity contribution in [3.8, 4) is 55.9 Å². The zero-order valence-corrected chi connectivity index (χ0v) is 46.1. The van der Waals surface area contributed by atoms with Crippen molar-refractivity contribution < 1.29 is 38.1 Å². The minimum Gasteiger partial charge on any atom is -0.469 e. The van der Waals surface area contributed by atoms with Crippen LogP contribution in [-0.4, -0.2) is 8.07 Å². The fourth-order valence-electron chi connectivity index (χ4n) is 10.3. The number of furan rings is 2. The molecule has 0 aliphatic heterocycles. The molecule has 0 amide bonds. The van der Waals surface area contributed by atoms with Crippen LogP contribution in [0.2, 0.25) is 19.6 Å². The van der Waals surface area contributed by atoms with Crippen molar-refractivity contribution in [3.05, 3.63) is 226 Å². The number of rotatable bonds is 8. The molecule has 0 spiro atoms. The van der Waals surface area contributed by atoms with Crippen molar-refractivity contribution in [2.45, 2.75) is 60.2 Å². The first-order valence-corrected chi connectivity index (χ1v) is 28.2. The SMILES string of the molecule is [CH2-]c1cc(-c2ccccc2)c(C)cc1-c1cc(C(C)C(C)C)c([Si](C)(C)C)c[n+]1[CH2-].[CH2-]c1ccc2c(oc3ccc(-c4cccc5c4oc4ccccc45)cc32)c1-c1cc(C)c(-c2ccccc2)c[n+]1[CH2-].[Ir]. The first-order valence-electron chi connectivity index (χ1n) is 24.7. The van der Waals surface area contributed by atoms with Gasteiger partial charge in [-0.05, 0) is 71.3 Å². The molecule has 4 aromatic heterocycles. The predicted molar refractivity (Wildman–Crippen MR) is 301 cm³/mol.